The highest BCUT2D eigenvalue weighted by Crippen LogP contribution is 2.26. The molecule has 0 saturated carbocycles. The Morgan fingerprint density at radius 3 is 3.17 bits per heavy atom. The Hall–Kier alpha value is -2.88. The van der Waals surface area contributed by atoms with Crippen molar-refractivity contribution in [2.75, 3.05) is 18.4 Å². The second-order valence-corrected chi connectivity index (χ2v) is 5.88. The average molecular weight is 324 g/mol. The summed E-state index contributed by atoms with van der Waals surface area (Å²) in [5.41, 5.74) is 1.17. The summed E-state index contributed by atoms with van der Waals surface area (Å²) in [5.74, 6) is 1.15. The molecule has 7 nitrogen and oxygen atoms in total. The normalized spacial score (nSPS) is 17.3. The molecule has 124 valence electrons. The van der Waals surface area contributed by atoms with Gasteiger partial charge in [-0.2, -0.15) is 5.26 Å². The molecule has 0 aliphatic carbocycles. The number of aryl methyl sites for hydroxylation is 1. The van der Waals surface area contributed by atoms with E-state index in [0.717, 1.165) is 31.8 Å². The van der Waals surface area contributed by atoms with Crippen molar-refractivity contribution in [3.8, 4) is 6.07 Å². The third-order valence-electron chi connectivity index (χ3n) is 4.30. The SMILES string of the molecule is CCn1cnnc1C1CCCN(C(=O)Nc2cccc(C#N)c2)C1. The van der Waals surface area contributed by atoms with E-state index in [1.165, 1.54) is 0 Å². The van der Waals surface area contributed by atoms with Gasteiger partial charge < -0.3 is 14.8 Å². The lowest BCUT2D eigenvalue weighted by Gasteiger charge is -2.32. The fourth-order valence-electron chi connectivity index (χ4n) is 3.07. The van der Waals surface area contributed by atoms with Gasteiger partial charge in [0, 0.05) is 31.2 Å². The summed E-state index contributed by atoms with van der Waals surface area (Å²) in [5, 5.41) is 20.0. The standard InChI is InChI=1S/C17H20N6O/c1-2-22-12-19-21-16(22)14-6-4-8-23(11-14)17(24)20-15-7-3-5-13(9-15)10-18/h3,5,7,9,12,14H,2,4,6,8,11H2,1H3,(H,20,24). The number of carbonyl (C=O) groups excluding carboxylic acids is 1. The summed E-state index contributed by atoms with van der Waals surface area (Å²) in [7, 11) is 0. The second kappa shape index (κ2) is 7.13. The van der Waals surface area contributed by atoms with Gasteiger partial charge in [0.2, 0.25) is 0 Å². The molecule has 3 rings (SSSR count). The van der Waals surface area contributed by atoms with Crippen molar-refractivity contribution in [2.24, 2.45) is 0 Å². The molecular weight excluding hydrogens is 304 g/mol. The van der Waals surface area contributed by atoms with Crippen molar-refractivity contribution in [1.29, 1.82) is 5.26 Å². The van der Waals surface area contributed by atoms with Gasteiger partial charge in [-0.25, -0.2) is 4.79 Å². The number of hydrogen-bond donors (Lipinski definition) is 1. The number of benzene rings is 1. The number of carbonyl (C=O) groups is 1. The number of likely N-dealkylation sites (tertiary alicyclic amines) is 1. The molecule has 1 unspecified atom stereocenters. The Morgan fingerprint density at radius 1 is 1.50 bits per heavy atom. The highest BCUT2D eigenvalue weighted by atomic mass is 16.2. The Kier molecular flexibility index (Phi) is 4.75. The maximum atomic E-state index is 12.5. The molecule has 1 aromatic carbocycles. The van der Waals surface area contributed by atoms with Crippen LogP contribution in [0.25, 0.3) is 0 Å². The van der Waals surface area contributed by atoms with E-state index in [1.807, 2.05) is 9.47 Å². The van der Waals surface area contributed by atoms with Crippen LogP contribution >= 0.6 is 0 Å². The van der Waals surface area contributed by atoms with E-state index < -0.39 is 0 Å². The van der Waals surface area contributed by atoms with E-state index in [2.05, 4.69) is 28.5 Å². The largest absolute Gasteiger partial charge is 0.324 e. The first-order chi connectivity index (χ1) is 11.7. The number of hydrogen-bond acceptors (Lipinski definition) is 4. The summed E-state index contributed by atoms with van der Waals surface area (Å²) < 4.78 is 2.03. The lowest BCUT2D eigenvalue weighted by Crippen LogP contribution is -2.42. The van der Waals surface area contributed by atoms with E-state index in [0.29, 0.717) is 17.8 Å². The first kappa shape index (κ1) is 16.0. The molecule has 1 aliphatic rings. The van der Waals surface area contributed by atoms with E-state index in [9.17, 15) is 4.79 Å². The van der Waals surface area contributed by atoms with Crippen LogP contribution in [0.1, 0.15) is 37.1 Å². The minimum absolute atomic E-state index is 0.141. The van der Waals surface area contributed by atoms with Crippen LogP contribution in [0.4, 0.5) is 10.5 Å². The van der Waals surface area contributed by atoms with Crippen molar-refractivity contribution in [3.63, 3.8) is 0 Å². The topological polar surface area (TPSA) is 86.8 Å². The molecule has 1 aliphatic heterocycles. The predicted molar refractivity (Wildman–Crippen MR) is 89.4 cm³/mol. The molecule has 0 bridgehead atoms. The number of amides is 2. The lowest BCUT2D eigenvalue weighted by atomic mass is 9.97. The molecule has 1 atom stereocenters. The number of nitrogens with one attached hydrogen (secondary N) is 1. The quantitative estimate of drug-likeness (QED) is 0.940. The van der Waals surface area contributed by atoms with E-state index in [4.69, 9.17) is 5.26 Å². The van der Waals surface area contributed by atoms with Crippen LogP contribution in [-0.2, 0) is 6.54 Å². The van der Waals surface area contributed by atoms with Gasteiger partial charge in [-0.15, -0.1) is 10.2 Å². The molecule has 24 heavy (non-hydrogen) atoms. The molecule has 1 aromatic heterocycles. The summed E-state index contributed by atoms with van der Waals surface area (Å²) in [6.07, 6.45) is 3.68. The Morgan fingerprint density at radius 2 is 2.38 bits per heavy atom. The van der Waals surface area contributed by atoms with Crippen molar-refractivity contribution >= 4 is 11.7 Å². The number of aromatic nitrogens is 3. The predicted octanol–water partition coefficient (Wildman–Crippen LogP) is 2.58. The number of anilines is 1. The van der Waals surface area contributed by atoms with E-state index >= 15 is 0 Å². The minimum Gasteiger partial charge on any atom is -0.324 e. The zero-order valence-electron chi connectivity index (χ0n) is 13.6. The molecule has 1 saturated heterocycles. The molecule has 7 heteroatoms. The first-order valence-corrected chi connectivity index (χ1v) is 8.15. The van der Waals surface area contributed by atoms with Gasteiger partial charge in [-0.3, -0.25) is 0 Å². The van der Waals surface area contributed by atoms with Gasteiger partial charge in [0.15, 0.2) is 0 Å². The van der Waals surface area contributed by atoms with Crippen LogP contribution in [0, 0.1) is 11.3 Å². The smallest absolute Gasteiger partial charge is 0.321 e. The van der Waals surface area contributed by atoms with Gasteiger partial charge >= 0.3 is 6.03 Å². The van der Waals surface area contributed by atoms with Crippen LogP contribution in [0.5, 0.6) is 0 Å². The number of piperidine rings is 1. The summed E-state index contributed by atoms with van der Waals surface area (Å²) in [4.78, 5) is 14.3. The molecule has 1 fully saturated rings. The summed E-state index contributed by atoms with van der Waals surface area (Å²) >= 11 is 0. The van der Waals surface area contributed by atoms with Crippen LogP contribution in [0.3, 0.4) is 0 Å². The van der Waals surface area contributed by atoms with Crippen molar-refractivity contribution in [2.45, 2.75) is 32.2 Å². The van der Waals surface area contributed by atoms with Gasteiger partial charge in [-0.05, 0) is 38.0 Å². The zero-order chi connectivity index (χ0) is 16.9. The van der Waals surface area contributed by atoms with Crippen LogP contribution < -0.4 is 5.32 Å². The zero-order valence-corrected chi connectivity index (χ0v) is 13.6. The van der Waals surface area contributed by atoms with Gasteiger partial charge in [0.25, 0.3) is 0 Å². The number of urea groups is 1. The lowest BCUT2D eigenvalue weighted by molar-refractivity contribution is 0.190. The molecule has 2 aromatic rings. The highest BCUT2D eigenvalue weighted by Gasteiger charge is 2.27. The third-order valence-corrected chi connectivity index (χ3v) is 4.30. The molecule has 2 heterocycles. The van der Waals surface area contributed by atoms with Crippen molar-refractivity contribution in [3.05, 3.63) is 42.0 Å². The van der Waals surface area contributed by atoms with E-state index in [1.54, 1.807) is 30.6 Å². The Labute approximate surface area is 140 Å². The second-order valence-electron chi connectivity index (χ2n) is 5.88. The van der Waals surface area contributed by atoms with Crippen LogP contribution in [-0.4, -0.2) is 38.8 Å². The minimum atomic E-state index is -0.141. The number of nitriles is 1. The Balaban J connectivity index is 1.68. The van der Waals surface area contributed by atoms with Gasteiger partial charge in [0.05, 0.1) is 11.6 Å². The molecule has 0 radical (unpaired) electrons. The van der Waals surface area contributed by atoms with Crippen LogP contribution in [0.2, 0.25) is 0 Å². The van der Waals surface area contributed by atoms with Gasteiger partial charge in [0.1, 0.15) is 12.2 Å². The molecule has 2 amide bonds. The fraction of sp³-hybridized carbons (Fsp3) is 0.412. The number of nitrogens with zero attached hydrogens (tertiary/aromatic N) is 5. The molecule has 1 N–H and O–H groups in total. The van der Waals surface area contributed by atoms with Crippen molar-refractivity contribution < 1.29 is 4.79 Å². The molecular formula is C17H20N6O. The number of rotatable bonds is 3. The Bertz CT molecular complexity index is 762. The summed E-state index contributed by atoms with van der Waals surface area (Å²) in [6.45, 7) is 4.23. The average Bonchev–Trinajstić information content (AvgIpc) is 3.10. The fourth-order valence-corrected chi connectivity index (χ4v) is 3.07. The summed E-state index contributed by atoms with van der Waals surface area (Å²) in [6, 6.07) is 8.87. The van der Waals surface area contributed by atoms with E-state index in [-0.39, 0.29) is 11.9 Å². The highest BCUT2D eigenvalue weighted by molar-refractivity contribution is 5.89. The first-order valence-electron chi connectivity index (χ1n) is 8.15. The maximum absolute atomic E-state index is 12.5. The maximum Gasteiger partial charge on any atom is 0.321 e. The monoisotopic (exact) mass is 324 g/mol. The van der Waals surface area contributed by atoms with Crippen LogP contribution in [0.15, 0.2) is 30.6 Å². The van der Waals surface area contributed by atoms with Gasteiger partial charge in [-0.1, -0.05) is 6.07 Å². The van der Waals surface area contributed by atoms with Crippen molar-refractivity contribution in [1.82, 2.24) is 19.7 Å². The third kappa shape index (κ3) is 3.38. The molecule has 0 spiro atoms.